The summed E-state index contributed by atoms with van der Waals surface area (Å²) < 4.78 is 95.1. The van der Waals surface area contributed by atoms with Crippen molar-refractivity contribution >= 4 is 21.9 Å². The van der Waals surface area contributed by atoms with E-state index in [4.69, 9.17) is 24.9 Å². The van der Waals surface area contributed by atoms with Crippen LogP contribution in [0.25, 0.3) is 66.8 Å². The molecule has 6 aromatic carbocycles. The van der Waals surface area contributed by atoms with Crippen LogP contribution >= 0.6 is 0 Å². The quantitative estimate of drug-likeness (QED) is 0.108. The van der Waals surface area contributed by atoms with Gasteiger partial charge in [0.15, 0.2) is 11.4 Å². The van der Waals surface area contributed by atoms with Gasteiger partial charge < -0.3 is 19.4 Å². The van der Waals surface area contributed by atoms with E-state index in [-0.39, 0.29) is 76.4 Å². The zero-order chi connectivity index (χ0) is 53.1. The molecule has 336 valence electrons. The second kappa shape index (κ2) is 19.4. The zero-order valence-electron chi connectivity index (χ0n) is 46.0. The van der Waals surface area contributed by atoms with E-state index in [1.807, 2.05) is 85.2 Å². The Morgan fingerprint density at radius 3 is 1.79 bits per heavy atom. The molecule has 0 bridgehead atoms. The van der Waals surface area contributed by atoms with Crippen LogP contribution in [0.5, 0.6) is 0 Å². The third-order valence-corrected chi connectivity index (χ3v) is 12.5. The molecular weight excluding hydrogens is 1010 g/mol. The Kier molecular flexibility index (Phi) is 10.6. The van der Waals surface area contributed by atoms with Gasteiger partial charge in [-0.15, -0.1) is 90.0 Å². The maximum atomic E-state index is 15.3. The number of furan rings is 1. The molecule has 0 aliphatic rings. The number of rotatable bonds is 13. The van der Waals surface area contributed by atoms with Crippen LogP contribution in [0, 0.1) is 30.9 Å². The molecule has 0 amide bonds. The first-order valence-electron chi connectivity index (χ1n) is 26.3. The van der Waals surface area contributed by atoms with E-state index in [1.54, 1.807) is 48.5 Å². The average Bonchev–Trinajstić information content (AvgIpc) is 3.80. The maximum absolute atomic E-state index is 15.3. The number of halogens is 1. The summed E-state index contributed by atoms with van der Waals surface area (Å²) in [6.45, 7) is 5.78. The Hall–Kier alpha value is -6.85. The molecule has 0 saturated carbocycles. The average molecular weight is 1070 g/mol. The molecule has 0 saturated heterocycles. The second-order valence-electron chi connectivity index (χ2n) is 18.2. The van der Waals surface area contributed by atoms with Gasteiger partial charge in [0.05, 0.1) is 6.95 Å². The Morgan fingerprint density at radius 2 is 1.19 bits per heavy atom. The minimum atomic E-state index is -2.86. The molecule has 0 aliphatic carbocycles. The molecule has 0 radical (unpaired) electrons. The van der Waals surface area contributed by atoms with E-state index < -0.39 is 36.2 Å². The summed E-state index contributed by atoms with van der Waals surface area (Å²) in [6.07, 6.45) is 0.238. The van der Waals surface area contributed by atoms with Crippen LogP contribution in [0.3, 0.4) is 0 Å². The molecule has 0 fully saturated rings. The van der Waals surface area contributed by atoms with Gasteiger partial charge in [-0.05, 0) is 116 Å². The number of aromatic nitrogens is 3. The fourth-order valence-corrected chi connectivity index (χ4v) is 8.91. The van der Waals surface area contributed by atoms with Gasteiger partial charge in [0.25, 0.3) is 0 Å². The number of para-hydroxylation sites is 1. The summed E-state index contributed by atoms with van der Waals surface area (Å²) >= 11 is 0. The van der Waals surface area contributed by atoms with Gasteiger partial charge in [0.2, 0.25) is 0 Å². The van der Waals surface area contributed by atoms with Crippen molar-refractivity contribution in [2.24, 2.45) is 0 Å². The van der Waals surface area contributed by atoms with Gasteiger partial charge in [0, 0.05) is 33.6 Å². The summed E-state index contributed by atoms with van der Waals surface area (Å²) in [5, 5.41) is 0.962. The summed E-state index contributed by atoms with van der Waals surface area (Å²) in [7, 11) is 0. The van der Waals surface area contributed by atoms with Gasteiger partial charge in [-0.2, -0.15) is 0 Å². The van der Waals surface area contributed by atoms with Crippen molar-refractivity contribution in [3.63, 3.8) is 0 Å². The Labute approximate surface area is 424 Å². The topological polar surface area (TPSA) is 51.8 Å². The molecule has 4 aromatic heterocycles. The van der Waals surface area contributed by atoms with E-state index in [0.717, 1.165) is 44.8 Å². The normalized spacial score (nSPS) is 14.1. The first-order valence-corrected chi connectivity index (χ1v) is 22.3. The molecule has 68 heavy (non-hydrogen) atoms. The van der Waals surface area contributed by atoms with Gasteiger partial charge in [0.1, 0.15) is 0 Å². The van der Waals surface area contributed by atoms with E-state index in [9.17, 15) is 5.48 Å². The fraction of sp³-hybridized carbons (Fsp3) is 0.177. The van der Waals surface area contributed by atoms with Crippen LogP contribution in [0.1, 0.15) is 77.6 Å². The molecule has 0 aliphatic heterocycles. The minimum absolute atomic E-state index is 0. The van der Waals surface area contributed by atoms with E-state index >= 15 is 4.39 Å². The van der Waals surface area contributed by atoms with Crippen molar-refractivity contribution in [1.82, 2.24) is 15.0 Å². The Morgan fingerprint density at radius 1 is 0.588 bits per heavy atom. The summed E-state index contributed by atoms with van der Waals surface area (Å²) in [5.74, 6) is -0.832. The third-order valence-electron chi connectivity index (χ3n) is 12.5. The standard InChI is InChI=1S/C62H51FN3O.Ir/c1-41-16-12-13-21-50(41)54-35-58(53-24-14-22-51-52-23-15-25-55(63)60(52)67-59(51)53)64-38-47(54)27-26-42-32-43(36-61(2,3)48-28-30-56(65-39-48)45-17-8-6-9-18-45)34-44(33-42)37-62(4,5)49-29-31-57(66-40-49)46-19-10-7-11-20-46;/h6-17,19,21-23,25,28-35,38-40H,26-27,36-37H2,1-5H3;/q-3;+3/i1D3,25D,26D2,27D2;. The fourth-order valence-electron chi connectivity index (χ4n) is 8.91. The Bertz CT molecular complexity index is 3620. The van der Waals surface area contributed by atoms with Crippen molar-refractivity contribution in [2.75, 3.05) is 0 Å². The van der Waals surface area contributed by atoms with Crippen molar-refractivity contribution in [3.05, 3.63) is 233 Å². The number of benzene rings is 6. The van der Waals surface area contributed by atoms with Crippen molar-refractivity contribution in [2.45, 2.75) is 71.0 Å². The predicted molar refractivity (Wildman–Crippen MR) is 270 cm³/mol. The third kappa shape index (κ3) is 9.63. The SMILES string of the molecule is [2H]c1ccc2c(oc3c(-c4cc(-c5ccccc5C([2H])([2H])[2H])c(C([2H])([2H])C([2H])([2H])c5cc(CC(C)(C)c6ccc(-c7[c-]cccc7)nc6)cc(CC(C)(C)c6ccc(-c7[c-]cccc7)nc6)c5)cn4)[c-]ccc32)c1F.[Ir+3]. The molecule has 0 atom stereocenters. The van der Waals surface area contributed by atoms with Gasteiger partial charge in [-0.3, -0.25) is 0 Å². The van der Waals surface area contributed by atoms with Crippen LogP contribution in [0.4, 0.5) is 4.39 Å². The van der Waals surface area contributed by atoms with Crippen LogP contribution in [0.15, 0.2) is 175 Å². The van der Waals surface area contributed by atoms with E-state index in [2.05, 4.69) is 52.0 Å². The van der Waals surface area contributed by atoms with Gasteiger partial charge >= 0.3 is 20.1 Å². The second-order valence-corrected chi connectivity index (χ2v) is 18.2. The van der Waals surface area contributed by atoms with Crippen molar-refractivity contribution in [3.8, 4) is 44.9 Å². The first-order chi connectivity index (χ1) is 35.6. The Balaban J connectivity index is 0.00000706. The molecular formula is C62H51FIrN3O. The van der Waals surface area contributed by atoms with E-state index in [0.29, 0.717) is 23.6 Å². The van der Waals surface area contributed by atoms with Crippen LogP contribution < -0.4 is 0 Å². The molecule has 0 N–H and O–H groups in total. The molecule has 4 heterocycles. The summed E-state index contributed by atoms with van der Waals surface area (Å²) in [5.41, 5.74) is 6.41. The number of aryl methyl sites for hydroxylation is 3. The summed E-state index contributed by atoms with van der Waals surface area (Å²) in [4.78, 5) is 14.3. The largest absolute Gasteiger partial charge is 3.00 e. The molecule has 6 heteroatoms. The number of hydrogen-bond acceptors (Lipinski definition) is 4. The maximum Gasteiger partial charge on any atom is 3.00 e. The molecule has 4 nitrogen and oxygen atoms in total. The molecule has 0 spiro atoms. The number of fused-ring (bicyclic) bond motifs is 3. The van der Waals surface area contributed by atoms with Gasteiger partial charge in [-0.1, -0.05) is 124 Å². The van der Waals surface area contributed by atoms with Crippen LogP contribution in [-0.4, -0.2) is 15.0 Å². The molecule has 0 unspecified atom stereocenters. The molecule has 10 rings (SSSR count). The summed E-state index contributed by atoms with van der Waals surface area (Å²) in [6, 6.07) is 52.2. The number of pyridine rings is 3. The zero-order valence-corrected chi connectivity index (χ0v) is 40.4. The van der Waals surface area contributed by atoms with Gasteiger partial charge in [-0.25, -0.2) is 4.39 Å². The predicted octanol–water partition coefficient (Wildman–Crippen LogP) is 15.1. The van der Waals surface area contributed by atoms with Crippen molar-refractivity contribution < 1.29 is 39.9 Å². The monoisotopic (exact) mass is 1070 g/mol. The minimum Gasteiger partial charge on any atom is -0.498 e. The first kappa shape index (κ1) is 37.2. The smallest absolute Gasteiger partial charge is 0.498 e. The number of hydrogen-bond donors (Lipinski definition) is 0. The van der Waals surface area contributed by atoms with Crippen LogP contribution in [-0.2, 0) is 56.5 Å². The van der Waals surface area contributed by atoms with Crippen molar-refractivity contribution in [1.29, 1.82) is 0 Å². The number of nitrogens with zero attached hydrogens (tertiary/aromatic N) is 3. The van der Waals surface area contributed by atoms with E-state index in [1.165, 1.54) is 24.4 Å². The van der Waals surface area contributed by atoms with Crippen LogP contribution in [0.2, 0.25) is 0 Å². The molecule has 10 aromatic rings.